The summed E-state index contributed by atoms with van der Waals surface area (Å²) in [5, 5.41) is 0. The molecule has 8 nitrogen and oxygen atoms in total. The number of carbonyl (C=O) groups excluding carboxylic acids is 2. The largest absolute Gasteiger partial charge is 0.465 e. The number of benzene rings is 1. The lowest BCUT2D eigenvalue weighted by Gasteiger charge is -2.11. The van der Waals surface area contributed by atoms with Crippen LogP contribution in [0.1, 0.15) is 27.1 Å². The number of methoxy groups -OCH3 is 2. The smallest absolute Gasteiger partial charge is 0.339 e. The number of ether oxygens (including phenoxy) is 2. The van der Waals surface area contributed by atoms with Crippen LogP contribution < -0.4 is 10.5 Å². The van der Waals surface area contributed by atoms with Gasteiger partial charge in [-0.2, -0.15) is 0 Å². The van der Waals surface area contributed by atoms with Crippen LogP contribution in [0.5, 0.6) is 0 Å². The van der Waals surface area contributed by atoms with Crippen LogP contribution in [0.4, 0.5) is 0 Å². The van der Waals surface area contributed by atoms with Gasteiger partial charge in [0.25, 0.3) is 0 Å². The second-order valence-electron chi connectivity index (χ2n) is 4.23. The first kappa shape index (κ1) is 21.3. The molecule has 0 radical (unpaired) electrons. The molecule has 0 atom stereocenters. The summed E-state index contributed by atoms with van der Waals surface area (Å²) in [5.74, 6) is -1.54. The van der Waals surface area contributed by atoms with Crippen molar-refractivity contribution in [2.45, 2.75) is 11.3 Å². The fraction of sp³-hybridized carbons (Fsp3) is 0.385. The third-order valence-corrected chi connectivity index (χ3v) is 4.27. The highest BCUT2D eigenvalue weighted by Gasteiger charge is 2.24. The van der Waals surface area contributed by atoms with Crippen molar-refractivity contribution in [3.8, 4) is 0 Å². The third-order valence-electron chi connectivity index (χ3n) is 2.77. The number of rotatable bonds is 7. The Balaban J connectivity index is 0.00000484. The quantitative estimate of drug-likeness (QED) is 0.525. The van der Waals surface area contributed by atoms with Gasteiger partial charge in [-0.25, -0.2) is 22.7 Å². The maximum atomic E-state index is 12.3. The van der Waals surface area contributed by atoms with E-state index in [-0.39, 0.29) is 35.0 Å². The number of hydrogen-bond donors (Lipinski definition) is 2. The van der Waals surface area contributed by atoms with Gasteiger partial charge in [0.2, 0.25) is 10.0 Å². The number of nitrogens with two attached hydrogens (primary N) is 1. The lowest BCUT2D eigenvalue weighted by Crippen LogP contribution is -2.28. The first-order valence-corrected chi connectivity index (χ1v) is 7.86. The second kappa shape index (κ2) is 9.46. The minimum Gasteiger partial charge on any atom is -0.465 e. The Morgan fingerprint density at radius 1 is 1.17 bits per heavy atom. The van der Waals surface area contributed by atoms with Gasteiger partial charge in [-0.3, -0.25) is 0 Å². The fourth-order valence-electron chi connectivity index (χ4n) is 1.65. The summed E-state index contributed by atoms with van der Waals surface area (Å²) in [6.07, 6.45) is 0.434. The monoisotopic (exact) mass is 366 g/mol. The molecule has 0 aliphatic rings. The molecule has 1 aromatic rings. The van der Waals surface area contributed by atoms with E-state index in [0.29, 0.717) is 13.0 Å². The van der Waals surface area contributed by atoms with E-state index < -0.39 is 22.0 Å². The summed E-state index contributed by atoms with van der Waals surface area (Å²) in [7, 11) is -1.69. The van der Waals surface area contributed by atoms with E-state index in [4.69, 9.17) is 5.73 Å². The molecule has 0 spiro atoms. The Kier molecular flexibility index (Phi) is 8.77. The van der Waals surface area contributed by atoms with Crippen LogP contribution in [0, 0.1) is 0 Å². The normalized spacial score (nSPS) is 10.6. The Labute approximate surface area is 140 Å². The molecular weight excluding hydrogens is 348 g/mol. The number of halogens is 1. The van der Waals surface area contributed by atoms with Gasteiger partial charge in [0.1, 0.15) is 0 Å². The molecule has 10 heteroatoms. The summed E-state index contributed by atoms with van der Waals surface area (Å²) < 4.78 is 36.0. The predicted molar refractivity (Wildman–Crippen MR) is 85.2 cm³/mol. The molecule has 23 heavy (non-hydrogen) atoms. The maximum absolute atomic E-state index is 12.3. The van der Waals surface area contributed by atoms with Crippen molar-refractivity contribution < 1.29 is 27.5 Å². The second-order valence-corrected chi connectivity index (χ2v) is 5.97. The van der Waals surface area contributed by atoms with E-state index in [0.717, 1.165) is 13.2 Å². The Morgan fingerprint density at radius 3 is 2.30 bits per heavy atom. The van der Waals surface area contributed by atoms with E-state index in [1.807, 2.05) is 0 Å². The molecule has 0 saturated heterocycles. The van der Waals surface area contributed by atoms with Crippen molar-refractivity contribution >= 4 is 34.4 Å². The molecule has 1 rings (SSSR count). The van der Waals surface area contributed by atoms with Crippen molar-refractivity contribution in [1.29, 1.82) is 0 Å². The molecule has 130 valence electrons. The zero-order valence-corrected chi connectivity index (χ0v) is 14.3. The van der Waals surface area contributed by atoms with Crippen LogP contribution in [0.25, 0.3) is 0 Å². The van der Waals surface area contributed by atoms with Crippen LogP contribution in [0.15, 0.2) is 23.1 Å². The molecule has 0 amide bonds. The molecule has 0 saturated carbocycles. The first-order valence-electron chi connectivity index (χ1n) is 6.37. The van der Waals surface area contributed by atoms with Crippen molar-refractivity contribution in [2.75, 3.05) is 27.3 Å². The van der Waals surface area contributed by atoms with Crippen LogP contribution >= 0.6 is 12.4 Å². The molecular formula is C13H19ClN2O6S. The molecule has 0 aliphatic carbocycles. The Morgan fingerprint density at radius 2 is 1.78 bits per heavy atom. The van der Waals surface area contributed by atoms with Gasteiger partial charge in [-0.05, 0) is 31.2 Å². The van der Waals surface area contributed by atoms with Crippen LogP contribution in [-0.2, 0) is 19.5 Å². The summed E-state index contributed by atoms with van der Waals surface area (Å²) in [4.78, 5) is 22.9. The predicted octanol–water partition coefficient (Wildman–Crippen LogP) is 0.309. The molecule has 0 heterocycles. The van der Waals surface area contributed by atoms with Gasteiger partial charge in [-0.1, -0.05) is 0 Å². The van der Waals surface area contributed by atoms with Gasteiger partial charge in [0, 0.05) is 6.54 Å². The van der Waals surface area contributed by atoms with Crippen molar-refractivity contribution in [2.24, 2.45) is 5.73 Å². The molecule has 3 N–H and O–H groups in total. The van der Waals surface area contributed by atoms with Crippen LogP contribution in [-0.4, -0.2) is 47.7 Å². The lowest BCUT2D eigenvalue weighted by molar-refractivity contribution is 0.0583. The number of hydrogen-bond acceptors (Lipinski definition) is 7. The highest BCUT2D eigenvalue weighted by molar-refractivity contribution is 7.89. The molecule has 1 aromatic carbocycles. The minimum absolute atomic E-state index is 0. The zero-order chi connectivity index (χ0) is 16.8. The van der Waals surface area contributed by atoms with Gasteiger partial charge >= 0.3 is 11.9 Å². The zero-order valence-electron chi connectivity index (χ0n) is 12.7. The molecule has 0 fully saturated rings. The van der Waals surface area contributed by atoms with Gasteiger partial charge in [0.05, 0.1) is 30.2 Å². The van der Waals surface area contributed by atoms with E-state index in [1.54, 1.807) is 0 Å². The maximum Gasteiger partial charge on any atom is 0.339 e. The Bertz CT molecular complexity index is 662. The number of sulfonamides is 1. The fourth-order valence-corrected chi connectivity index (χ4v) is 2.95. The van der Waals surface area contributed by atoms with Gasteiger partial charge in [-0.15, -0.1) is 12.4 Å². The molecule has 0 bridgehead atoms. The number of carbonyl (C=O) groups is 2. The Hall–Kier alpha value is -1.68. The molecule has 0 unspecified atom stereocenters. The number of esters is 2. The highest BCUT2D eigenvalue weighted by atomic mass is 35.5. The molecule has 0 aromatic heterocycles. The summed E-state index contributed by atoms with van der Waals surface area (Å²) in [6.45, 7) is 0.427. The third kappa shape index (κ3) is 5.47. The number of nitrogens with one attached hydrogen (secondary N) is 1. The summed E-state index contributed by atoms with van der Waals surface area (Å²) in [6, 6.07) is 3.56. The topological polar surface area (TPSA) is 125 Å². The van der Waals surface area contributed by atoms with E-state index in [2.05, 4.69) is 14.2 Å². The SMILES string of the molecule is COC(=O)c1ccc(C(=O)OC)c(S(=O)(=O)NCCCN)c1.Cl. The van der Waals surface area contributed by atoms with Crippen molar-refractivity contribution in [3.05, 3.63) is 29.3 Å². The first-order chi connectivity index (χ1) is 10.4. The van der Waals surface area contributed by atoms with E-state index in [1.165, 1.54) is 19.2 Å². The van der Waals surface area contributed by atoms with Crippen molar-refractivity contribution in [3.63, 3.8) is 0 Å². The van der Waals surface area contributed by atoms with Crippen molar-refractivity contribution in [1.82, 2.24) is 4.72 Å². The van der Waals surface area contributed by atoms with Gasteiger partial charge in [0.15, 0.2) is 0 Å². The summed E-state index contributed by atoms with van der Waals surface area (Å²) in [5.41, 5.74) is 5.15. The van der Waals surface area contributed by atoms with E-state index >= 15 is 0 Å². The highest BCUT2D eigenvalue weighted by Crippen LogP contribution is 2.19. The van der Waals surface area contributed by atoms with E-state index in [9.17, 15) is 18.0 Å². The molecule has 0 aliphatic heterocycles. The average Bonchev–Trinajstić information content (AvgIpc) is 2.52. The minimum atomic E-state index is -4.00. The lowest BCUT2D eigenvalue weighted by atomic mass is 10.1. The van der Waals surface area contributed by atoms with Crippen LogP contribution in [0.2, 0.25) is 0 Å². The standard InChI is InChI=1S/C13H18N2O6S.ClH/c1-20-12(16)9-4-5-10(13(17)21-2)11(8-9)22(18,19)15-7-3-6-14;/h4-5,8,15H,3,6-7,14H2,1-2H3;1H. The average molecular weight is 367 g/mol. The van der Waals surface area contributed by atoms with Gasteiger partial charge < -0.3 is 15.2 Å². The summed E-state index contributed by atoms with van der Waals surface area (Å²) >= 11 is 0. The van der Waals surface area contributed by atoms with Crippen LogP contribution in [0.3, 0.4) is 0 Å².